The maximum absolute atomic E-state index is 14.8. The van der Waals surface area contributed by atoms with Gasteiger partial charge in [-0.2, -0.15) is 0 Å². The standard InChI is InChI=1S/C31H26F2N2O3/c1-3-4-25-21(19-7-10-24(33)22(11-19)26(36)16-31-13-17(14-31)15-31)12-23-27(29(37)34-2)28(38-30(23)35-25)18-5-8-20(32)9-6-18/h3-12,17H,13-16H2,1-2H3,(H,34,37)/b4-3+. The summed E-state index contributed by atoms with van der Waals surface area (Å²) in [5.74, 6) is -0.508. The zero-order chi connectivity index (χ0) is 26.6. The molecule has 2 bridgehead atoms. The van der Waals surface area contributed by atoms with Crippen molar-refractivity contribution in [3.8, 4) is 22.5 Å². The number of nitrogens with one attached hydrogen (secondary N) is 1. The highest BCUT2D eigenvalue weighted by molar-refractivity contribution is 6.11. The summed E-state index contributed by atoms with van der Waals surface area (Å²) in [6.07, 6.45) is 7.16. The summed E-state index contributed by atoms with van der Waals surface area (Å²) < 4.78 is 34.4. The summed E-state index contributed by atoms with van der Waals surface area (Å²) in [4.78, 5) is 30.8. The number of halogens is 2. The van der Waals surface area contributed by atoms with Crippen LogP contribution in [-0.4, -0.2) is 23.7 Å². The molecular formula is C31H26F2N2O3. The lowest BCUT2D eigenvalue weighted by atomic mass is 9.43. The van der Waals surface area contributed by atoms with Gasteiger partial charge in [0.15, 0.2) is 5.78 Å². The van der Waals surface area contributed by atoms with E-state index in [0.29, 0.717) is 34.2 Å². The van der Waals surface area contributed by atoms with Crippen LogP contribution in [0.2, 0.25) is 0 Å². The molecule has 0 saturated heterocycles. The highest BCUT2D eigenvalue weighted by Crippen LogP contribution is 2.66. The molecule has 0 spiro atoms. The summed E-state index contributed by atoms with van der Waals surface area (Å²) >= 11 is 0. The number of carbonyl (C=O) groups is 2. The average molecular weight is 513 g/mol. The number of carbonyl (C=O) groups excluding carboxylic acids is 2. The lowest BCUT2D eigenvalue weighted by Gasteiger charge is -2.62. The molecule has 192 valence electrons. The van der Waals surface area contributed by atoms with Gasteiger partial charge in [-0.05, 0) is 91.6 Å². The molecule has 3 saturated carbocycles. The smallest absolute Gasteiger partial charge is 0.255 e. The number of Topliss-reactive ketones (excluding diaryl/α,β-unsaturated/α-hetero) is 1. The fourth-order valence-corrected chi connectivity index (χ4v) is 5.92. The van der Waals surface area contributed by atoms with Crippen LogP contribution in [0.1, 0.15) is 59.0 Å². The minimum Gasteiger partial charge on any atom is -0.437 e. The lowest BCUT2D eigenvalue weighted by molar-refractivity contribution is -0.103. The van der Waals surface area contributed by atoms with Crippen molar-refractivity contribution in [1.82, 2.24) is 10.3 Å². The van der Waals surface area contributed by atoms with Crippen molar-refractivity contribution in [2.45, 2.75) is 32.6 Å². The monoisotopic (exact) mass is 512 g/mol. The molecule has 2 aromatic heterocycles. The number of aromatic nitrogens is 1. The van der Waals surface area contributed by atoms with Crippen LogP contribution in [0.4, 0.5) is 8.78 Å². The molecular weight excluding hydrogens is 486 g/mol. The van der Waals surface area contributed by atoms with Gasteiger partial charge in [-0.3, -0.25) is 9.59 Å². The molecule has 7 heteroatoms. The quantitative estimate of drug-likeness (QED) is 0.266. The fourth-order valence-electron chi connectivity index (χ4n) is 5.92. The second-order valence-corrected chi connectivity index (χ2v) is 10.4. The van der Waals surface area contributed by atoms with Gasteiger partial charge in [0.05, 0.1) is 22.2 Å². The van der Waals surface area contributed by atoms with E-state index in [9.17, 15) is 18.4 Å². The molecule has 2 aromatic carbocycles. The predicted molar refractivity (Wildman–Crippen MR) is 142 cm³/mol. The molecule has 4 aromatic rings. The third kappa shape index (κ3) is 3.93. The Balaban J connectivity index is 1.50. The third-order valence-electron chi connectivity index (χ3n) is 7.88. The Morgan fingerprint density at radius 2 is 1.79 bits per heavy atom. The number of furan rings is 1. The molecule has 3 fully saturated rings. The second-order valence-electron chi connectivity index (χ2n) is 10.4. The molecule has 0 radical (unpaired) electrons. The minimum absolute atomic E-state index is 0.0662. The summed E-state index contributed by atoms with van der Waals surface area (Å²) in [5, 5.41) is 3.10. The fraction of sp³-hybridized carbons (Fsp3) is 0.258. The predicted octanol–water partition coefficient (Wildman–Crippen LogP) is 7.21. The Bertz CT molecular complexity index is 1620. The first-order chi connectivity index (χ1) is 18.3. The van der Waals surface area contributed by atoms with E-state index in [1.807, 2.05) is 13.0 Å². The van der Waals surface area contributed by atoms with E-state index < -0.39 is 11.6 Å². The van der Waals surface area contributed by atoms with Crippen LogP contribution < -0.4 is 5.32 Å². The number of amides is 1. The third-order valence-corrected chi connectivity index (χ3v) is 7.88. The first kappa shape index (κ1) is 24.2. The zero-order valence-electron chi connectivity index (χ0n) is 21.1. The number of allylic oxidation sites excluding steroid dienone is 1. The summed E-state index contributed by atoms with van der Waals surface area (Å²) in [7, 11) is 1.52. The van der Waals surface area contributed by atoms with Crippen LogP contribution in [0.5, 0.6) is 0 Å². The van der Waals surface area contributed by atoms with Crippen LogP contribution in [0.25, 0.3) is 39.6 Å². The number of fused-ring (bicyclic) bond motifs is 1. The molecule has 7 rings (SSSR count). The second kappa shape index (κ2) is 9.01. The molecule has 5 nitrogen and oxygen atoms in total. The van der Waals surface area contributed by atoms with Crippen LogP contribution in [-0.2, 0) is 0 Å². The van der Waals surface area contributed by atoms with Gasteiger partial charge >= 0.3 is 0 Å². The zero-order valence-corrected chi connectivity index (χ0v) is 21.1. The SMILES string of the molecule is C/C=C/c1nc2oc(-c3ccc(F)cc3)c(C(=O)NC)c2cc1-c1ccc(F)c(C(=O)CC23CC(C2)C3)c1. The highest BCUT2D eigenvalue weighted by Gasteiger charge is 2.57. The van der Waals surface area contributed by atoms with Crippen LogP contribution >= 0.6 is 0 Å². The number of ketones is 1. The number of benzene rings is 2. The van der Waals surface area contributed by atoms with E-state index >= 15 is 0 Å². The van der Waals surface area contributed by atoms with Gasteiger partial charge in [0.25, 0.3) is 5.91 Å². The van der Waals surface area contributed by atoms with Crippen molar-refractivity contribution < 1.29 is 22.8 Å². The maximum Gasteiger partial charge on any atom is 0.255 e. The number of pyridine rings is 1. The van der Waals surface area contributed by atoms with Crippen molar-refractivity contribution in [2.24, 2.45) is 11.3 Å². The molecule has 3 aliphatic carbocycles. The maximum atomic E-state index is 14.8. The molecule has 1 N–H and O–H groups in total. The summed E-state index contributed by atoms with van der Waals surface area (Å²) in [6.45, 7) is 1.85. The van der Waals surface area contributed by atoms with Gasteiger partial charge in [0, 0.05) is 24.6 Å². The molecule has 3 aliphatic rings. The number of rotatable bonds is 7. The van der Waals surface area contributed by atoms with Gasteiger partial charge in [0.1, 0.15) is 17.4 Å². The topological polar surface area (TPSA) is 72.2 Å². The van der Waals surface area contributed by atoms with E-state index in [-0.39, 0.29) is 39.7 Å². The van der Waals surface area contributed by atoms with E-state index in [1.54, 1.807) is 24.3 Å². The lowest BCUT2D eigenvalue weighted by Crippen LogP contribution is -2.52. The van der Waals surface area contributed by atoms with Crippen molar-refractivity contribution in [3.63, 3.8) is 0 Å². The van der Waals surface area contributed by atoms with Crippen molar-refractivity contribution in [3.05, 3.63) is 83.1 Å². The first-order valence-electron chi connectivity index (χ1n) is 12.7. The van der Waals surface area contributed by atoms with Crippen molar-refractivity contribution in [2.75, 3.05) is 7.05 Å². The molecule has 0 aliphatic heterocycles. The largest absolute Gasteiger partial charge is 0.437 e. The van der Waals surface area contributed by atoms with Crippen LogP contribution in [0, 0.1) is 23.0 Å². The Morgan fingerprint density at radius 1 is 1.08 bits per heavy atom. The van der Waals surface area contributed by atoms with Crippen molar-refractivity contribution >= 4 is 28.9 Å². The van der Waals surface area contributed by atoms with Crippen LogP contribution in [0.3, 0.4) is 0 Å². The van der Waals surface area contributed by atoms with E-state index in [4.69, 9.17) is 4.42 Å². The molecule has 2 heterocycles. The van der Waals surface area contributed by atoms with Gasteiger partial charge < -0.3 is 9.73 Å². The Kier molecular flexibility index (Phi) is 5.74. The Labute approximate surface area is 218 Å². The number of nitrogens with zero attached hydrogens (tertiary/aromatic N) is 1. The average Bonchev–Trinajstić information content (AvgIpc) is 3.23. The molecule has 0 atom stereocenters. The van der Waals surface area contributed by atoms with Gasteiger partial charge in [-0.1, -0.05) is 12.1 Å². The summed E-state index contributed by atoms with van der Waals surface area (Å²) in [5.41, 5.74) is 2.96. The number of hydrogen-bond donors (Lipinski definition) is 1. The number of hydrogen-bond acceptors (Lipinski definition) is 4. The first-order valence-corrected chi connectivity index (χ1v) is 12.7. The summed E-state index contributed by atoms with van der Waals surface area (Å²) in [6, 6.07) is 12.0. The highest BCUT2D eigenvalue weighted by atomic mass is 19.1. The molecule has 0 unspecified atom stereocenters. The van der Waals surface area contributed by atoms with Gasteiger partial charge in [0.2, 0.25) is 5.71 Å². The minimum atomic E-state index is -0.542. The van der Waals surface area contributed by atoms with Crippen molar-refractivity contribution in [1.29, 1.82) is 0 Å². The van der Waals surface area contributed by atoms with E-state index in [1.165, 1.54) is 37.4 Å². The van der Waals surface area contributed by atoms with Gasteiger partial charge in [-0.25, -0.2) is 13.8 Å². The Hall–Kier alpha value is -4.13. The van der Waals surface area contributed by atoms with Gasteiger partial charge in [-0.15, -0.1) is 0 Å². The van der Waals surface area contributed by atoms with Crippen LogP contribution in [0.15, 0.2) is 59.0 Å². The molecule has 1 amide bonds. The van der Waals surface area contributed by atoms with E-state index in [2.05, 4.69) is 10.3 Å². The normalized spacial score (nSPS) is 19.8. The molecule has 38 heavy (non-hydrogen) atoms. The van der Waals surface area contributed by atoms with E-state index in [0.717, 1.165) is 25.2 Å². The Morgan fingerprint density at radius 3 is 2.42 bits per heavy atom.